The van der Waals surface area contributed by atoms with Crippen LogP contribution in [0.5, 0.6) is 5.75 Å². The molecule has 0 saturated carbocycles. The van der Waals surface area contributed by atoms with Crippen molar-refractivity contribution in [3.63, 3.8) is 0 Å². The molecule has 0 bridgehead atoms. The first-order chi connectivity index (χ1) is 9.78. The molecule has 2 heteroatoms. The first-order valence-corrected chi connectivity index (χ1v) is 8.15. The summed E-state index contributed by atoms with van der Waals surface area (Å²) >= 11 is 1.73. The molecule has 20 heavy (non-hydrogen) atoms. The molecule has 106 valence electrons. The van der Waals surface area contributed by atoms with Gasteiger partial charge in [0.25, 0.3) is 0 Å². The average molecular weight is 286 g/mol. The lowest BCUT2D eigenvalue weighted by Gasteiger charge is -2.05. The van der Waals surface area contributed by atoms with Gasteiger partial charge in [-0.05, 0) is 54.8 Å². The third-order valence-electron chi connectivity index (χ3n) is 3.31. The first-order valence-electron chi connectivity index (χ1n) is 7.34. The molecule has 0 atom stereocenters. The van der Waals surface area contributed by atoms with Crippen LogP contribution in [0, 0.1) is 0 Å². The van der Waals surface area contributed by atoms with Crippen LogP contribution in [0.3, 0.4) is 0 Å². The molecule has 1 nitrogen and oxygen atoms in total. The molecule has 2 rings (SSSR count). The summed E-state index contributed by atoms with van der Waals surface area (Å²) in [4.78, 5) is 2.39. The molecule has 1 N–H and O–H groups in total. The average Bonchev–Trinajstić information content (AvgIpc) is 2.48. The van der Waals surface area contributed by atoms with Crippen molar-refractivity contribution in [2.24, 2.45) is 0 Å². The largest absolute Gasteiger partial charge is 0.508 e. The van der Waals surface area contributed by atoms with Crippen LogP contribution in [0.25, 0.3) is 0 Å². The molecule has 0 heterocycles. The fraction of sp³-hybridized carbons (Fsp3) is 0.333. The van der Waals surface area contributed by atoms with Gasteiger partial charge in [-0.25, -0.2) is 0 Å². The minimum atomic E-state index is 0.316. The van der Waals surface area contributed by atoms with Crippen LogP contribution in [0.4, 0.5) is 0 Å². The van der Waals surface area contributed by atoms with Crippen molar-refractivity contribution in [1.29, 1.82) is 0 Å². The Balaban J connectivity index is 1.86. The molecule has 0 aromatic heterocycles. The zero-order valence-electron chi connectivity index (χ0n) is 12.0. The molecule has 0 aliphatic rings. The minimum absolute atomic E-state index is 0.316. The predicted molar refractivity (Wildman–Crippen MR) is 86.5 cm³/mol. The van der Waals surface area contributed by atoms with Crippen molar-refractivity contribution in [2.75, 3.05) is 0 Å². The molecule has 0 amide bonds. The Morgan fingerprint density at radius 2 is 1.40 bits per heavy atom. The number of benzene rings is 2. The highest BCUT2D eigenvalue weighted by molar-refractivity contribution is 7.99. The second kappa shape index (κ2) is 8.01. The lowest BCUT2D eigenvalue weighted by atomic mass is 10.1. The van der Waals surface area contributed by atoms with E-state index in [1.807, 2.05) is 12.1 Å². The van der Waals surface area contributed by atoms with Crippen LogP contribution < -0.4 is 0 Å². The third-order valence-corrected chi connectivity index (χ3v) is 4.33. The van der Waals surface area contributed by atoms with Gasteiger partial charge in [-0.2, -0.15) is 0 Å². The highest BCUT2D eigenvalue weighted by atomic mass is 32.2. The van der Waals surface area contributed by atoms with Crippen LogP contribution in [-0.4, -0.2) is 5.11 Å². The molecule has 0 aliphatic heterocycles. The summed E-state index contributed by atoms with van der Waals surface area (Å²) in [5.74, 6) is 0.316. The summed E-state index contributed by atoms with van der Waals surface area (Å²) in [6.45, 7) is 2.25. The van der Waals surface area contributed by atoms with E-state index in [0.717, 1.165) is 4.90 Å². The highest BCUT2D eigenvalue weighted by Gasteiger charge is 1.99. The lowest BCUT2D eigenvalue weighted by Crippen LogP contribution is -1.85. The number of phenolic OH excluding ortho intramolecular Hbond substituents is 1. The summed E-state index contributed by atoms with van der Waals surface area (Å²) < 4.78 is 0. The second-order valence-corrected chi connectivity index (χ2v) is 6.20. The maximum atomic E-state index is 9.27. The van der Waals surface area contributed by atoms with Crippen molar-refractivity contribution in [3.8, 4) is 5.75 Å². The van der Waals surface area contributed by atoms with E-state index in [0.29, 0.717) is 5.75 Å². The monoisotopic (exact) mass is 286 g/mol. The van der Waals surface area contributed by atoms with Gasteiger partial charge >= 0.3 is 0 Å². The number of phenols is 1. The molecule has 0 radical (unpaired) electrons. The van der Waals surface area contributed by atoms with Gasteiger partial charge < -0.3 is 5.11 Å². The summed E-state index contributed by atoms with van der Waals surface area (Å²) in [6, 6.07) is 16.2. The van der Waals surface area contributed by atoms with Crippen molar-refractivity contribution in [1.82, 2.24) is 0 Å². The standard InChI is InChI=1S/C18H22OS/c1-2-3-4-5-6-15-7-11-17(12-8-15)20-18-13-9-16(19)10-14-18/h7-14,19H,2-6H2,1H3. The zero-order valence-corrected chi connectivity index (χ0v) is 12.8. The Kier molecular flexibility index (Phi) is 6.00. The van der Waals surface area contributed by atoms with E-state index in [1.165, 1.54) is 42.6 Å². The quantitative estimate of drug-likeness (QED) is 0.662. The molecular formula is C18H22OS. The molecular weight excluding hydrogens is 264 g/mol. The Hall–Kier alpha value is -1.41. The molecule has 0 fully saturated rings. The van der Waals surface area contributed by atoms with Crippen molar-refractivity contribution < 1.29 is 5.11 Å². The van der Waals surface area contributed by atoms with Gasteiger partial charge in [0.1, 0.15) is 5.75 Å². The summed E-state index contributed by atoms with van der Waals surface area (Å²) in [7, 11) is 0. The maximum absolute atomic E-state index is 9.27. The number of hydrogen-bond donors (Lipinski definition) is 1. The number of rotatable bonds is 7. The van der Waals surface area contributed by atoms with E-state index < -0.39 is 0 Å². The minimum Gasteiger partial charge on any atom is -0.508 e. The first kappa shape index (κ1) is 15.0. The third kappa shape index (κ3) is 4.93. The smallest absolute Gasteiger partial charge is 0.115 e. The SMILES string of the molecule is CCCCCCc1ccc(Sc2ccc(O)cc2)cc1. The van der Waals surface area contributed by atoms with Crippen LogP contribution in [0.2, 0.25) is 0 Å². The maximum Gasteiger partial charge on any atom is 0.115 e. The lowest BCUT2D eigenvalue weighted by molar-refractivity contribution is 0.475. The number of hydrogen-bond acceptors (Lipinski definition) is 2. The van der Waals surface area contributed by atoms with Gasteiger partial charge in [0.05, 0.1) is 0 Å². The molecule has 0 spiro atoms. The van der Waals surface area contributed by atoms with E-state index in [4.69, 9.17) is 0 Å². The van der Waals surface area contributed by atoms with Crippen LogP contribution in [0.1, 0.15) is 38.2 Å². The van der Waals surface area contributed by atoms with Crippen LogP contribution in [0.15, 0.2) is 58.3 Å². The molecule has 2 aromatic carbocycles. The van der Waals surface area contributed by atoms with E-state index >= 15 is 0 Å². The van der Waals surface area contributed by atoms with Crippen LogP contribution >= 0.6 is 11.8 Å². The van der Waals surface area contributed by atoms with Crippen molar-refractivity contribution in [2.45, 2.75) is 48.8 Å². The van der Waals surface area contributed by atoms with Gasteiger partial charge in [-0.3, -0.25) is 0 Å². The van der Waals surface area contributed by atoms with Gasteiger partial charge in [-0.1, -0.05) is 50.1 Å². The molecule has 0 saturated heterocycles. The fourth-order valence-corrected chi connectivity index (χ4v) is 2.95. The van der Waals surface area contributed by atoms with Crippen LogP contribution in [-0.2, 0) is 6.42 Å². The van der Waals surface area contributed by atoms with Gasteiger partial charge in [-0.15, -0.1) is 0 Å². The molecule has 0 unspecified atom stereocenters. The van der Waals surface area contributed by atoms with E-state index in [1.54, 1.807) is 23.9 Å². The summed E-state index contributed by atoms with van der Waals surface area (Å²) in [6.07, 6.45) is 6.44. The topological polar surface area (TPSA) is 20.2 Å². The van der Waals surface area contributed by atoms with Gasteiger partial charge in [0, 0.05) is 9.79 Å². The van der Waals surface area contributed by atoms with Crippen molar-refractivity contribution in [3.05, 3.63) is 54.1 Å². The molecule has 0 aliphatic carbocycles. The Morgan fingerprint density at radius 3 is 2.00 bits per heavy atom. The number of aryl methyl sites for hydroxylation is 1. The van der Waals surface area contributed by atoms with E-state index in [9.17, 15) is 5.11 Å². The number of unbranched alkanes of at least 4 members (excludes halogenated alkanes) is 3. The normalized spacial score (nSPS) is 10.7. The van der Waals surface area contributed by atoms with E-state index in [2.05, 4.69) is 31.2 Å². The Morgan fingerprint density at radius 1 is 0.800 bits per heavy atom. The van der Waals surface area contributed by atoms with Gasteiger partial charge in [0.15, 0.2) is 0 Å². The fourth-order valence-electron chi connectivity index (χ4n) is 2.13. The van der Waals surface area contributed by atoms with Gasteiger partial charge in [0.2, 0.25) is 0 Å². The molecule has 2 aromatic rings. The Labute approximate surface area is 126 Å². The number of aromatic hydroxyl groups is 1. The second-order valence-electron chi connectivity index (χ2n) is 5.05. The van der Waals surface area contributed by atoms with Crippen molar-refractivity contribution >= 4 is 11.8 Å². The van der Waals surface area contributed by atoms with E-state index in [-0.39, 0.29) is 0 Å². The summed E-state index contributed by atoms with van der Waals surface area (Å²) in [5, 5.41) is 9.27. The predicted octanol–water partition coefficient (Wildman–Crippen LogP) is 5.67. The summed E-state index contributed by atoms with van der Waals surface area (Å²) in [5.41, 5.74) is 1.43. The zero-order chi connectivity index (χ0) is 14.2. The Bertz CT molecular complexity index is 502. The highest BCUT2D eigenvalue weighted by Crippen LogP contribution is 2.29.